The number of carbonyl (C=O) groups is 1. The van der Waals surface area contributed by atoms with Crippen molar-refractivity contribution in [2.45, 2.75) is 52.7 Å². The van der Waals surface area contributed by atoms with E-state index in [0.717, 1.165) is 22.4 Å². The van der Waals surface area contributed by atoms with Crippen LogP contribution >= 0.6 is 22.6 Å². The summed E-state index contributed by atoms with van der Waals surface area (Å²) >= 11 is 2.20. The third-order valence-corrected chi connectivity index (χ3v) is 2.84. The maximum absolute atomic E-state index is 11.5. The van der Waals surface area contributed by atoms with Gasteiger partial charge in [-0.3, -0.25) is 0 Å². The predicted octanol–water partition coefficient (Wildman–Crippen LogP) is 2.96. The van der Waals surface area contributed by atoms with Gasteiger partial charge in [0.1, 0.15) is 15.1 Å². The van der Waals surface area contributed by atoms with Gasteiger partial charge in [0, 0.05) is 25.7 Å². The lowest BCUT2D eigenvalue weighted by molar-refractivity contribution is 0.0526. The summed E-state index contributed by atoms with van der Waals surface area (Å²) in [5, 5.41) is 2.75. The van der Waals surface area contributed by atoms with Gasteiger partial charge in [0.25, 0.3) is 0 Å². The fourth-order valence-corrected chi connectivity index (χ4v) is 2.24. The maximum Gasteiger partial charge on any atom is 0.407 e. The molecule has 1 aromatic heterocycles. The first kappa shape index (κ1) is 16.3. The molecule has 1 N–H and O–H groups in total. The van der Waals surface area contributed by atoms with Crippen LogP contribution in [0.15, 0.2) is 6.20 Å². The standard InChI is InChI=1S/C13H22IN3O2/c1-5-6-11-16-10(14)9-17(11)8-7-15-12(18)19-13(2,3)4/h9H,5-8H2,1-4H3,(H,15,18). The van der Waals surface area contributed by atoms with Gasteiger partial charge >= 0.3 is 6.09 Å². The summed E-state index contributed by atoms with van der Waals surface area (Å²) in [6.07, 6.45) is 3.64. The number of aromatic nitrogens is 2. The molecule has 5 nitrogen and oxygen atoms in total. The molecule has 0 bridgehead atoms. The second-order valence-corrected chi connectivity index (χ2v) is 6.46. The van der Waals surface area contributed by atoms with Crippen molar-refractivity contribution in [3.8, 4) is 0 Å². The van der Waals surface area contributed by atoms with E-state index in [1.807, 2.05) is 27.0 Å². The van der Waals surface area contributed by atoms with Crippen LogP contribution in [0.25, 0.3) is 0 Å². The molecule has 0 aliphatic carbocycles. The quantitative estimate of drug-likeness (QED) is 0.801. The van der Waals surface area contributed by atoms with Crippen molar-refractivity contribution < 1.29 is 9.53 Å². The van der Waals surface area contributed by atoms with Crippen LogP contribution in [-0.2, 0) is 17.7 Å². The molecule has 0 fully saturated rings. The Bertz CT molecular complexity index is 424. The largest absolute Gasteiger partial charge is 0.444 e. The summed E-state index contributed by atoms with van der Waals surface area (Å²) in [5.74, 6) is 1.07. The van der Waals surface area contributed by atoms with Gasteiger partial charge in [-0.25, -0.2) is 9.78 Å². The highest BCUT2D eigenvalue weighted by Crippen LogP contribution is 2.08. The van der Waals surface area contributed by atoms with Gasteiger partial charge < -0.3 is 14.6 Å². The van der Waals surface area contributed by atoms with Crippen LogP contribution in [0.1, 0.15) is 39.9 Å². The first-order valence-electron chi connectivity index (χ1n) is 6.50. The lowest BCUT2D eigenvalue weighted by Gasteiger charge is -2.19. The van der Waals surface area contributed by atoms with E-state index >= 15 is 0 Å². The van der Waals surface area contributed by atoms with Gasteiger partial charge in [0.05, 0.1) is 0 Å². The first-order chi connectivity index (χ1) is 8.81. The Labute approximate surface area is 128 Å². The number of hydrogen-bond donors (Lipinski definition) is 1. The Kier molecular flexibility index (Phi) is 6.09. The number of aryl methyl sites for hydroxylation is 1. The number of imidazole rings is 1. The Morgan fingerprint density at radius 3 is 2.79 bits per heavy atom. The summed E-state index contributed by atoms with van der Waals surface area (Å²) in [5.41, 5.74) is -0.457. The van der Waals surface area contributed by atoms with Crippen LogP contribution in [0.5, 0.6) is 0 Å². The fourth-order valence-electron chi connectivity index (χ4n) is 1.63. The molecule has 1 rings (SSSR count). The van der Waals surface area contributed by atoms with Crippen LogP contribution in [0.3, 0.4) is 0 Å². The molecule has 1 aromatic rings. The minimum absolute atomic E-state index is 0.376. The Morgan fingerprint density at radius 2 is 2.21 bits per heavy atom. The number of halogens is 1. The molecule has 108 valence electrons. The highest BCUT2D eigenvalue weighted by Gasteiger charge is 2.15. The molecule has 0 unspecified atom stereocenters. The molecule has 0 spiro atoms. The number of nitrogens with one attached hydrogen (secondary N) is 1. The van der Waals surface area contributed by atoms with Gasteiger partial charge in [-0.15, -0.1) is 0 Å². The Balaban J connectivity index is 2.42. The molecule has 19 heavy (non-hydrogen) atoms. The molecule has 1 amide bonds. The predicted molar refractivity (Wildman–Crippen MR) is 83.2 cm³/mol. The van der Waals surface area contributed by atoms with E-state index in [2.05, 4.69) is 44.4 Å². The Hall–Kier alpha value is -0.790. The van der Waals surface area contributed by atoms with Crippen molar-refractivity contribution in [3.63, 3.8) is 0 Å². The first-order valence-corrected chi connectivity index (χ1v) is 7.58. The van der Waals surface area contributed by atoms with E-state index in [9.17, 15) is 4.79 Å². The number of hydrogen-bond acceptors (Lipinski definition) is 3. The monoisotopic (exact) mass is 379 g/mol. The average Bonchev–Trinajstić information content (AvgIpc) is 2.57. The van der Waals surface area contributed by atoms with E-state index in [0.29, 0.717) is 13.1 Å². The van der Waals surface area contributed by atoms with Crippen molar-refractivity contribution in [2.75, 3.05) is 6.54 Å². The van der Waals surface area contributed by atoms with Crippen molar-refractivity contribution >= 4 is 28.7 Å². The molecular weight excluding hydrogens is 357 g/mol. The summed E-state index contributed by atoms with van der Waals surface area (Å²) in [6.45, 7) is 8.94. The minimum atomic E-state index is -0.457. The average molecular weight is 379 g/mol. The second-order valence-electron chi connectivity index (χ2n) is 5.35. The van der Waals surface area contributed by atoms with E-state index < -0.39 is 5.60 Å². The highest BCUT2D eigenvalue weighted by molar-refractivity contribution is 14.1. The molecule has 1 heterocycles. The van der Waals surface area contributed by atoms with Crippen LogP contribution in [0.4, 0.5) is 4.79 Å². The number of amides is 1. The normalized spacial score (nSPS) is 11.4. The lowest BCUT2D eigenvalue weighted by Crippen LogP contribution is -2.34. The van der Waals surface area contributed by atoms with Crippen molar-refractivity contribution in [1.82, 2.24) is 14.9 Å². The molecule has 0 aliphatic rings. The molecular formula is C13H22IN3O2. The van der Waals surface area contributed by atoms with Gasteiger partial charge in [-0.1, -0.05) is 6.92 Å². The smallest absolute Gasteiger partial charge is 0.407 e. The molecule has 0 saturated carbocycles. The number of rotatable bonds is 5. The highest BCUT2D eigenvalue weighted by atomic mass is 127. The van der Waals surface area contributed by atoms with Crippen LogP contribution in [0, 0.1) is 3.70 Å². The number of nitrogens with zero attached hydrogens (tertiary/aromatic N) is 2. The molecule has 0 aromatic carbocycles. The van der Waals surface area contributed by atoms with Crippen molar-refractivity contribution in [2.24, 2.45) is 0 Å². The minimum Gasteiger partial charge on any atom is -0.444 e. The topological polar surface area (TPSA) is 56.2 Å². The van der Waals surface area contributed by atoms with Gasteiger partial charge in [0.15, 0.2) is 0 Å². The summed E-state index contributed by atoms with van der Waals surface area (Å²) in [7, 11) is 0. The third kappa shape index (κ3) is 6.26. The van der Waals surface area contributed by atoms with Crippen LogP contribution in [0.2, 0.25) is 0 Å². The van der Waals surface area contributed by atoms with Crippen LogP contribution in [-0.4, -0.2) is 27.8 Å². The number of alkyl carbamates (subject to hydrolysis) is 1. The Morgan fingerprint density at radius 1 is 1.53 bits per heavy atom. The number of ether oxygens (including phenoxy) is 1. The van der Waals surface area contributed by atoms with Crippen LogP contribution < -0.4 is 5.32 Å². The summed E-state index contributed by atoms with van der Waals surface area (Å²) < 4.78 is 8.25. The number of carbonyl (C=O) groups excluding carboxylic acids is 1. The van der Waals surface area contributed by atoms with Gasteiger partial charge in [-0.05, 0) is 49.8 Å². The molecule has 0 atom stereocenters. The zero-order valence-electron chi connectivity index (χ0n) is 12.0. The van der Waals surface area contributed by atoms with E-state index in [1.165, 1.54) is 0 Å². The lowest BCUT2D eigenvalue weighted by atomic mass is 10.2. The summed E-state index contributed by atoms with van der Waals surface area (Å²) in [6, 6.07) is 0. The zero-order chi connectivity index (χ0) is 14.5. The third-order valence-electron chi connectivity index (χ3n) is 2.32. The van der Waals surface area contributed by atoms with E-state index in [4.69, 9.17) is 4.74 Å². The molecule has 6 heteroatoms. The van der Waals surface area contributed by atoms with Crippen molar-refractivity contribution in [3.05, 3.63) is 15.7 Å². The molecule has 0 radical (unpaired) electrons. The fraction of sp³-hybridized carbons (Fsp3) is 0.692. The maximum atomic E-state index is 11.5. The summed E-state index contributed by atoms with van der Waals surface area (Å²) in [4.78, 5) is 16.0. The second kappa shape index (κ2) is 7.12. The SMILES string of the molecule is CCCc1nc(I)cn1CCNC(=O)OC(C)(C)C. The van der Waals surface area contributed by atoms with Crippen molar-refractivity contribution in [1.29, 1.82) is 0 Å². The van der Waals surface area contributed by atoms with Gasteiger partial charge in [-0.2, -0.15) is 0 Å². The van der Waals surface area contributed by atoms with Gasteiger partial charge in [0.2, 0.25) is 0 Å². The molecule has 0 saturated heterocycles. The molecule has 0 aliphatic heterocycles. The van der Waals surface area contributed by atoms with E-state index in [-0.39, 0.29) is 6.09 Å². The van der Waals surface area contributed by atoms with E-state index in [1.54, 1.807) is 0 Å². The zero-order valence-corrected chi connectivity index (χ0v) is 14.2.